The molecule has 0 amide bonds. The van der Waals surface area contributed by atoms with Gasteiger partial charge in [-0.15, -0.1) is 10.2 Å². The van der Waals surface area contributed by atoms with Crippen LogP contribution in [0.15, 0.2) is 12.4 Å². The van der Waals surface area contributed by atoms with Crippen LogP contribution in [-0.4, -0.2) is 38.3 Å². The van der Waals surface area contributed by atoms with E-state index in [2.05, 4.69) is 30.0 Å². The van der Waals surface area contributed by atoms with Gasteiger partial charge in [0.2, 0.25) is 0 Å². The van der Waals surface area contributed by atoms with E-state index in [1.165, 1.54) is 12.8 Å². The Kier molecular flexibility index (Phi) is 2.58. The first-order valence-corrected chi connectivity index (χ1v) is 7.02. The molecule has 2 aromatic rings. The maximum atomic E-state index is 4.74. The number of nitrogens with one attached hydrogen (secondary N) is 1. The van der Waals surface area contributed by atoms with E-state index in [-0.39, 0.29) is 0 Å². The van der Waals surface area contributed by atoms with Gasteiger partial charge in [-0.3, -0.25) is 0 Å². The molecule has 1 N–H and O–H groups in total. The van der Waals surface area contributed by atoms with Gasteiger partial charge in [-0.1, -0.05) is 0 Å². The molecule has 104 valence electrons. The Bertz CT molecular complexity index is 631. The van der Waals surface area contributed by atoms with Crippen LogP contribution in [0.4, 0.5) is 11.6 Å². The van der Waals surface area contributed by atoms with Crippen LogP contribution in [0, 0.1) is 0 Å². The van der Waals surface area contributed by atoms with Crippen molar-refractivity contribution in [3.8, 4) is 0 Å². The van der Waals surface area contributed by atoms with Crippen LogP contribution < -0.4 is 10.2 Å². The van der Waals surface area contributed by atoms with E-state index < -0.39 is 0 Å². The molecule has 1 aliphatic heterocycles. The van der Waals surface area contributed by atoms with E-state index in [1.54, 1.807) is 6.33 Å². The smallest absolute Gasteiger partial charge is 0.152 e. The van der Waals surface area contributed by atoms with Crippen LogP contribution >= 0.6 is 0 Å². The van der Waals surface area contributed by atoms with Gasteiger partial charge in [0.1, 0.15) is 23.8 Å². The standard InChI is InChI=1S/C13H17N7/c1-14-10-6-11(17-13(16-10)9-2-3-9)19-4-5-20-8-15-18-12(20)7-19/h6,8-9H,2-5,7H2,1H3,(H,14,16,17). The molecule has 0 spiro atoms. The summed E-state index contributed by atoms with van der Waals surface area (Å²) in [5.74, 6) is 4.40. The highest BCUT2D eigenvalue weighted by Gasteiger charge is 2.28. The van der Waals surface area contributed by atoms with Gasteiger partial charge in [0.15, 0.2) is 5.82 Å². The molecule has 0 radical (unpaired) electrons. The van der Waals surface area contributed by atoms with Crippen LogP contribution in [-0.2, 0) is 13.1 Å². The summed E-state index contributed by atoms with van der Waals surface area (Å²) >= 11 is 0. The average molecular weight is 271 g/mol. The van der Waals surface area contributed by atoms with Crippen molar-refractivity contribution in [2.24, 2.45) is 0 Å². The molecular weight excluding hydrogens is 254 g/mol. The molecular formula is C13H17N7. The molecule has 20 heavy (non-hydrogen) atoms. The molecule has 0 aromatic carbocycles. The Morgan fingerprint density at radius 3 is 2.95 bits per heavy atom. The van der Waals surface area contributed by atoms with Crippen molar-refractivity contribution < 1.29 is 0 Å². The van der Waals surface area contributed by atoms with Gasteiger partial charge in [-0.05, 0) is 12.8 Å². The number of rotatable bonds is 3. The Morgan fingerprint density at radius 2 is 2.15 bits per heavy atom. The summed E-state index contributed by atoms with van der Waals surface area (Å²) in [5, 5.41) is 11.3. The molecule has 0 atom stereocenters. The quantitative estimate of drug-likeness (QED) is 0.898. The third-order valence-corrected chi connectivity index (χ3v) is 3.89. The van der Waals surface area contributed by atoms with Crippen molar-refractivity contribution in [1.82, 2.24) is 24.7 Å². The summed E-state index contributed by atoms with van der Waals surface area (Å²) in [5.41, 5.74) is 0. The van der Waals surface area contributed by atoms with Crippen LogP contribution in [0.2, 0.25) is 0 Å². The molecule has 2 aromatic heterocycles. The molecule has 4 rings (SSSR count). The van der Waals surface area contributed by atoms with Crippen molar-refractivity contribution in [3.05, 3.63) is 24.0 Å². The Morgan fingerprint density at radius 1 is 1.25 bits per heavy atom. The van der Waals surface area contributed by atoms with Crippen molar-refractivity contribution in [3.63, 3.8) is 0 Å². The van der Waals surface area contributed by atoms with E-state index in [9.17, 15) is 0 Å². The van der Waals surface area contributed by atoms with E-state index in [4.69, 9.17) is 4.98 Å². The highest BCUT2D eigenvalue weighted by molar-refractivity contribution is 5.50. The van der Waals surface area contributed by atoms with Gasteiger partial charge in [0.05, 0.1) is 6.54 Å². The topological polar surface area (TPSA) is 71.8 Å². The third kappa shape index (κ3) is 1.99. The van der Waals surface area contributed by atoms with Crippen LogP contribution in [0.3, 0.4) is 0 Å². The lowest BCUT2D eigenvalue weighted by atomic mass is 10.3. The summed E-state index contributed by atoms with van der Waals surface area (Å²) in [6.07, 6.45) is 4.21. The Labute approximate surface area is 117 Å². The van der Waals surface area contributed by atoms with Gasteiger partial charge < -0.3 is 14.8 Å². The van der Waals surface area contributed by atoms with Gasteiger partial charge in [-0.25, -0.2) is 9.97 Å². The molecule has 0 saturated heterocycles. The number of hydrogen-bond donors (Lipinski definition) is 1. The van der Waals surface area contributed by atoms with Gasteiger partial charge in [0, 0.05) is 32.1 Å². The Balaban J connectivity index is 1.66. The second-order valence-corrected chi connectivity index (χ2v) is 5.36. The van der Waals surface area contributed by atoms with Crippen LogP contribution in [0.1, 0.15) is 30.4 Å². The first-order chi connectivity index (χ1) is 9.83. The monoisotopic (exact) mass is 271 g/mol. The fourth-order valence-corrected chi connectivity index (χ4v) is 2.53. The summed E-state index contributed by atoms with van der Waals surface area (Å²) in [7, 11) is 1.90. The average Bonchev–Trinajstić information content (AvgIpc) is 3.24. The zero-order chi connectivity index (χ0) is 13.5. The molecule has 7 nitrogen and oxygen atoms in total. The first-order valence-electron chi connectivity index (χ1n) is 7.02. The highest BCUT2D eigenvalue weighted by Crippen LogP contribution is 2.39. The second-order valence-electron chi connectivity index (χ2n) is 5.36. The summed E-state index contributed by atoms with van der Waals surface area (Å²) < 4.78 is 2.10. The number of aromatic nitrogens is 5. The van der Waals surface area contributed by atoms with Crippen molar-refractivity contribution in [1.29, 1.82) is 0 Å². The molecule has 1 saturated carbocycles. The molecule has 0 bridgehead atoms. The SMILES string of the molecule is CNc1cc(N2CCn3cnnc3C2)nc(C2CC2)n1. The zero-order valence-electron chi connectivity index (χ0n) is 11.5. The minimum absolute atomic E-state index is 0.551. The van der Waals surface area contributed by atoms with Gasteiger partial charge in [-0.2, -0.15) is 0 Å². The summed E-state index contributed by atoms with van der Waals surface area (Å²) in [6.45, 7) is 2.58. The maximum Gasteiger partial charge on any atom is 0.152 e. The van der Waals surface area contributed by atoms with Gasteiger partial charge >= 0.3 is 0 Å². The summed E-state index contributed by atoms with van der Waals surface area (Å²) in [4.78, 5) is 11.6. The number of fused-ring (bicyclic) bond motifs is 1. The van der Waals surface area contributed by atoms with E-state index in [0.29, 0.717) is 5.92 Å². The number of anilines is 2. The number of nitrogens with zero attached hydrogens (tertiary/aromatic N) is 6. The van der Waals surface area contributed by atoms with E-state index >= 15 is 0 Å². The lowest BCUT2D eigenvalue weighted by molar-refractivity contribution is 0.555. The normalized spacial score (nSPS) is 17.9. The van der Waals surface area contributed by atoms with Crippen molar-refractivity contribution >= 4 is 11.6 Å². The van der Waals surface area contributed by atoms with Crippen molar-refractivity contribution in [2.75, 3.05) is 23.8 Å². The molecule has 2 aliphatic rings. The fourth-order valence-electron chi connectivity index (χ4n) is 2.53. The van der Waals surface area contributed by atoms with Crippen LogP contribution in [0.5, 0.6) is 0 Å². The lowest BCUT2D eigenvalue weighted by Crippen LogP contribution is -2.34. The fraction of sp³-hybridized carbons (Fsp3) is 0.538. The molecule has 3 heterocycles. The first kappa shape index (κ1) is 11.6. The van der Waals surface area contributed by atoms with Crippen molar-refractivity contribution in [2.45, 2.75) is 31.8 Å². The summed E-state index contributed by atoms with van der Waals surface area (Å²) in [6, 6.07) is 2.01. The minimum atomic E-state index is 0.551. The molecule has 7 heteroatoms. The maximum absolute atomic E-state index is 4.74. The van der Waals surface area contributed by atoms with E-state index in [1.807, 2.05) is 13.1 Å². The predicted molar refractivity (Wildman–Crippen MR) is 74.6 cm³/mol. The second kappa shape index (κ2) is 4.43. The zero-order valence-corrected chi connectivity index (χ0v) is 11.5. The predicted octanol–water partition coefficient (Wildman–Crippen LogP) is 1.01. The minimum Gasteiger partial charge on any atom is -0.373 e. The molecule has 1 aliphatic carbocycles. The van der Waals surface area contributed by atoms with Crippen LogP contribution in [0.25, 0.3) is 0 Å². The van der Waals surface area contributed by atoms with E-state index in [0.717, 1.165) is 42.9 Å². The molecule has 1 fully saturated rings. The Hall–Kier alpha value is -2.18. The highest BCUT2D eigenvalue weighted by atomic mass is 15.3. The largest absolute Gasteiger partial charge is 0.373 e. The number of hydrogen-bond acceptors (Lipinski definition) is 6. The third-order valence-electron chi connectivity index (χ3n) is 3.89. The molecule has 0 unspecified atom stereocenters. The lowest BCUT2D eigenvalue weighted by Gasteiger charge is -2.28. The van der Waals surface area contributed by atoms with Gasteiger partial charge in [0.25, 0.3) is 0 Å².